The molecule has 0 bridgehead atoms. The van der Waals surface area contributed by atoms with E-state index in [1.807, 2.05) is 19.2 Å². The second kappa shape index (κ2) is 7.69. The van der Waals surface area contributed by atoms with Gasteiger partial charge in [-0.15, -0.1) is 0 Å². The monoisotopic (exact) mass is 376 g/mol. The third kappa shape index (κ3) is 4.75. The molecule has 0 spiro atoms. The predicted molar refractivity (Wildman–Crippen MR) is 85.6 cm³/mol. The summed E-state index contributed by atoms with van der Waals surface area (Å²) < 4.78 is 33.3. The Morgan fingerprint density at radius 2 is 2.05 bits per heavy atom. The largest absolute Gasteiger partial charge is 0.381 e. The van der Waals surface area contributed by atoms with Gasteiger partial charge < -0.3 is 10.1 Å². The molecule has 1 aliphatic rings. The molecule has 0 radical (unpaired) electrons. The molecule has 2 rings (SSSR count). The lowest BCUT2D eigenvalue weighted by atomic mass is 10.0. The summed E-state index contributed by atoms with van der Waals surface area (Å²) in [6.07, 6.45) is 1.82. The maximum Gasteiger partial charge on any atom is 0.241 e. The Morgan fingerprint density at radius 1 is 1.33 bits per heavy atom. The van der Waals surface area contributed by atoms with Gasteiger partial charge in [0.15, 0.2) is 0 Å². The van der Waals surface area contributed by atoms with Crippen LogP contribution in [0.2, 0.25) is 0 Å². The Kier molecular flexibility index (Phi) is 6.19. The molecule has 1 heterocycles. The molecular weight excluding hydrogens is 356 g/mol. The van der Waals surface area contributed by atoms with Crippen molar-refractivity contribution in [2.75, 3.05) is 26.8 Å². The van der Waals surface area contributed by atoms with Gasteiger partial charge in [-0.25, -0.2) is 13.1 Å². The second-order valence-electron chi connectivity index (χ2n) is 5.20. The SMILES string of the molecule is CNCc1ccc(S(=O)(=O)NCC2CCOCC2)c(Br)c1. The fourth-order valence-electron chi connectivity index (χ4n) is 2.33. The summed E-state index contributed by atoms with van der Waals surface area (Å²) in [6.45, 7) is 2.61. The summed E-state index contributed by atoms with van der Waals surface area (Å²) >= 11 is 3.35. The molecule has 0 aliphatic carbocycles. The van der Waals surface area contributed by atoms with E-state index >= 15 is 0 Å². The molecule has 1 aromatic carbocycles. The number of hydrogen-bond acceptors (Lipinski definition) is 4. The molecule has 1 fully saturated rings. The normalized spacial score (nSPS) is 17.0. The van der Waals surface area contributed by atoms with E-state index in [0.717, 1.165) is 31.6 Å². The highest BCUT2D eigenvalue weighted by molar-refractivity contribution is 9.10. The van der Waals surface area contributed by atoms with E-state index in [4.69, 9.17) is 4.74 Å². The van der Waals surface area contributed by atoms with Crippen LogP contribution in [0.5, 0.6) is 0 Å². The maximum atomic E-state index is 12.4. The highest BCUT2D eigenvalue weighted by Crippen LogP contribution is 2.24. The molecule has 21 heavy (non-hydrogen) atoms. The van der Waals surface area contributed by atoms with Gasteiger partial charge in [-0.2, -0.15) is 0 Å². The summed E-state index contributed by atoms with van der Waals surface area (Å²) in [5, 5.41) is 3.04. The molecule has 0 amide bonds. The van der Waals surface area contributed by atoms with Gasteiger partial charge in [0.1, 0.15) is 0 Å². The lowest BCUT2D eigenvalue weighted by Crippen LogP contribution is -2.32. The lowest BCUT2D eigenvalue weighted by Gasteiger charge is -2.22. The van der Waals surface area contributed by atoms with E-state index in [1.165, 1.54) is 0 Å². The van der Waals surface area contributed by atoms with Crippen molar-refractivity contribution in [2.24, 2.45) is 5.92 Å². The quantitative estimate of drug-likeness (QED) is 0.795. The van der Waals surface area contributed by atoms with Crippen LogP contribution in [0.1, 0.15) is 18.4 Å². The zero-order valence-electron chi connectivity index (χ0n) is 12.1. The van der Waals surface area contributed by atoms with Crippen LogP contribution in [0, 0.1) is 5.92 Å². The van der Waals surface area contributed by atoms with Crippen LogP contribution in [-0.4, -0.2) is 35.2 Å². The van der Waals surface area contributed by atoms with Gasteiger partial charge in [0, 0.05) is 30.8 Å². The summed E-state index contributed by atoms with van der Waals surface area (Å²) in [4.78, 5) is 0.286. The number of nitrogens with one attached hydrogen (secondary N) is 2. The van der Waals surface area contributed by atoms with Crippen molar-refractivity contribution in [2.45, 2.75) is 24.3 Å². The van der Waals surface area contributed by atoms with E-state index in [0.29, 0.717) is 23.5 Å². The van der Waals surface area contributed by atoms with Crippen LogP contribution in [-0.2, 0) is 21.3 Å². The molecule has 0 aromatic heterocycles. The van der Waals surface area contributed by atoms with Crippen LogP contribution in [0.15, 0.2) is 27.6 Å². The van der Waals surface area contributed by atoms with E-state index < -0.39 is 10.0 Å². The van der Waals surface area contributed by atoms with Gasteiger partial charge in [0.05, 0.1) is 4.90 Å². The first-order valence-corrected chi connectivity index (χ1v) is 9.31. The Labute approximate surface area is 134 Å². The molecular formula is C14H21BrN2O3S. The van der Waals surface area contributed by atoms with Gasteiger partial charge in [-0.05, 0) is 59.4 Å². The fourth-order valence-corrected chi connectivity index (χ4v) is 4.57. The van der Waals surface area contributed by atoms with Crippen LogP contribution < -0.4 is 10.0 Å². The Bertz CT molecular complexity index is 572. The minimum Gasteiger partial charge on any atom is -0.381 e. The molecule has 1 aliphatic heterocycles. The van der Waals surface area contributed by atoms with Crippen molar-refractivity contribution in [3.8, 4) is 0 Å². The van der Waals surface area contributed by atoms with Crippen molar-refractivity contribution in [3.63, 3.8) is 0 Å². The van der Waals surface area contributed by atoms with Gasteiger partial charge in [0.25, 0.3) is 0 Å². The Hall–Kier alpha value is -0.470. The zero-order chi connectivity index (χ0) is 15.3. The van der Waals surface area contributed by atoms with Crippen LogP contribution in [0.25, 0.3) is 0 Å². The standard InChI is InChI=1S/C14H21BrN2O3S/c1-16-9-12-2-3-14(13(15)8-12)21(18,19)17-10-11-4-6-20-7-5-11/h2-3,8,11,16-17H,4-7,9-10H2,1H3. The first-order valence-electron chi connectivity index (χ1n) is 7.03. The highest BCUT2D eigenvalue weighted by Gasteiger charge is 2.21. The summed E-state index contributed by atoms with van der Waals surface area (Å²) in [6, 6.07) is 5.30. The first-order chi connectivity index (χ1) is 10.0. The third-order valence-corrected chi connectivity index (χ3v) is 5.97. The van der Waals surface area contributed by atoms with Crippen molar-refractivity contribution < 1.29 is 13.2 Å². The minimum atomic E-state index is -3.48. The average molecular weight is 377 g/mol. The molecule has 0 saturated carbocycles. The number of ether oxygens (including phenoxy) is 1. The molecule has 1 saturated heterocycles. The molecule has 5 nitrogen and oxygen atoms in total. The second-order valence-corrected chi connectivity index (χ2v) is 7.79. The number of halogens is 1. The number of benzene rings is 1. The van der Waals surface area contributed by atoms with Gasteiger partial charge >= 0.3 is 0 Å². The van der Waals surface area contributed by atoms with E-state index in [2.05, 4.69) is 26.0 Å². The van der Waals surface area contributed by atoms with E-state index in [1.54, 1.807) is 6.07 Å². The molecule has 0 atom stereocenters. The molecule has 1 aromatic rings. The van der Waals surface area contributed by atoms with Crippen molar-refractivity contribution in [1.29, 1.82) is 0 Å². The predicted octanol–water partition coefficient (Wildman–Crippen LogP) is 1.87. The van der Waals surface area contributed by atoms with Gasteiger partial charge in [0.2, 0.25) is 10.0 Å². The molecule has 7 heteroatoms. The summed E-state index contributed by atoms with van der Waals surface area (Å²) in [5.41, 5.74) is 1.03. The number of rotatable bonds is 6. The summed E-state index contributed by atoms with van der Waals surface area (Å²) in [5.74, 6) is 0.357. The number of sulfonamides is 1. The van der Waals surface area contributed by atoms with Gasteiger partial charge in [-0.3, -0.25) is 0 Å². The lowest BCUT2D eigenvalue weighted by molar-refractivity contribution is 0.0678. The topological polar surface area (TPSA) is 67.4 Å². The zero-order valence-corrected chi connectivity index (χ0v) is 14.5. The molecule has 118 valence electrons. The van der Waals surface area contributed by atoms with Crippen LogP contribution in [0.3, 0.4) is 0 Å². The Balaban J connectivity index is 2.04. The minimum absolute atomic E-state index is 0.286. The van der Waals surface area contributed by atoms with E-state index in [9.17, 15) is 8.42 Å². The number of hydrogen-bond donors (Lipinski definition) is 2. The highest BCUT2D eigenvalue weighted by atomic mass is 79.9. The third-order valence-electron chi connectivity index (χ3n) is 3.57. The van der Waals surface area contributed by atoms with Gasteiger partial charge in [-0.1, -0.05) is 6.07 Å². The Morgan fingerprint density at radius 3 is 2.67 bits per heavy atom. The van der Waals surface area contributed by atoms with Crippen LogP contribution in [0.4, 0.5) is 0 Å². The van der Waals surface area contributed by atoms with Crippen molar-refractivity contribution in [3.05, 3.63) is 28.2 Å². The van der Waals surface area contributed by atoms with Crippen LogP contribution >= 0.6 is 15.9 Å². The molecule has 0 unspecified atom stereocenters. The maximum absolute atomic E-state index is 12.4. The fraction of sp³-hybridized carbons (Fsp3) is 0.571. The molecule has 2 N–H and O–H groups in total. The summed E-state index contributed by atoms with van der Waals surface area (Å²) in [7, 11) is -1.62. The van der Waals surface area contributed by atoms with Crippen molar-refractivity contribution >= 4 is 26.0 Å². The smallest absolute Gasteiger partial charge is 0.241 e. The first kappa shape index (κ1) is 16.9. The van der Waals surface area contributed by atoms with E-state index in [-0.39, 0.29) is 4.90 Å². The van der Waals surface area contributed by atoms with Crippen molar-refractivity contribution in [1.82, 2.24) is 10.0 Å². The average Bonchev–Trinajstić information content (AvgIpc) is 2.46.